The van der Waals surface area contributed by atoms with E-state index in [0.29, 0.717) is 27.9 Å². The summed E-state index contributed by atoms with van der Waals surface area (Å²) in [5, 5.41) is 24.0. The van der Waals surface area contributed by atoms with Crippen molar-refractivity contribution in [3.63, 3.8) is 0 Å². The number of halogens is 3. The summed E-state index contributed by atoms with van der Waals surface area (Å²) in [5.41, 5.74) is 13.0. The van der Waals surface area contributed by atoms with Gasteiger partial charge >= 0.3 is 6.18 Å². The monoisotopic (exact) mass is 869 g/mol. The van der Waals surface area contributed by atoms with Crippen molar-refractivity contribution in [3.05, 3.63) is 222 Å². The standard InChI is InChI=1S/C59H34F3N5/c1-36-29-42(59(60,61)62)22-25-44(36)39-19-24-49(58(32-39)67-54-18-10-8-16-48(54)51-31-38(21-27-56(51)67)46-14-6-4-12-41(46)35-64)52-33-43(65-2)23-28-57(52)66-53-17-9-7-15-47(53)50-30-37(20-26-55(50)66)45-13-5-3-11-40(45)34-63/h3-33H,1H3. The Kier molecular flexibility index (Phi) is 9.59. The summed E-state index contributed by atoms with van der Waals surface area (Å²) < 4.78 is 46.3. The van der Waals surface area contributed by atoms with E-state index in [1.165, 1.54) is 12.1 Å². The topological polar surface area (TPSA) is 61.8 Å². The molecule has 0 saturated carbocycles. The Labute approximate surface area is 383 Å². The first-order valence-electron chi connectivity index (χ1n) is 21.6. The van der Waals surface area contributed by atoms with Crippen LogP contribution in [0.25, 0.3) is 104 Å². The van der Waals surface area contributed by atoms with Gasteiger partial charge in [-0.15, -0.1) is 0 Å². The van der Waals surface area contributed by atoms with Gasteiger partial charge in [0.05, 0.1) is 68.8 Å². The van der Waals surface area contributed by atoms with Crippen molar-refractivity contribution in [2.75, 3.05) is 0 Å². The molecule has 0 aliphatic heterocycles. The highest BCUT2D eigenvalue weighted by Gasteiger charge is 2.31. The van der Waals surface area contributed by atoms with Gasteiger partial charge in [0, 0.05) is 27.1 Å². The quantitative estimate of drug-likeness (QED) is 0.156. The number of nitriles is 2. The average molecular weight is 870 g/mol. The van der Waals surface area contributed by atoms with Crippen LogP contribution in [0.15, 0.2) is 188 Å². The van der Waals surface area contributed by atoms with Crippen molar-refractivity contribution in [2.24, 2.45) is 0 Å². The molecule has 0 saturated heterocycles. The maximum Gasteiger partial charge on any atom is 0.416 e. The molecule has 9 aromatic carbocycles. The van der Waals surface area contributed by atoms with Gasteiger partial charge in [-0.2, -0.15) is 23.7 Å². The van der Waals surface area contributed by atoms with Crippen molar-refractivity contribution in [1.29, 1.82) is 10.5 Å². The minimum atomic E-state index is -4.49. The number of hydrogen-bond donors (Lipinski definition) is 0. The molecule has 5 nitrogen and oxygen atoms in total. The maximum atomic E-state index is 14.0. The number of nitrogens with zero attached hydrogens (tertiary/aromatic N) is 5. The second kappa shape index (κ2) is 15.8. The molecular formula is C59H34F3N5. The summed E-state index contributed by atoms with van der Waals surface area (Å²) in [6.45, 7) is 9.90. The zero-order chi connectivity index (χ0) is 46.0. The van der Waals surface area contributed by atoms with Gasteiger partial charge in [-0.1, -0.05) is 109 Å². The van der Waals surface area contributed by atoms with E-state index in [9.17, 15) is 23.7 Å². The predicted molar refractivity (Wildman–Crippen MR) is 262 cm³/mol. The van der Waals surface area contributed by atoms with E-state index in [0.717, 1.165) is 100.0 Å². The van der Waals surface area contributed by atoms with E-state index in [1.807, 2.05) is 121 Å². The Hall–Kier alpha value is -9.16. The summed E-state index contributed by atoms with van der Waals surface area (Å²) in [6, 6.07) is 64.1. The van der Waals surface area contributed by atoms with Gasteiger partial charge in [0.25, 0.3) is 0 Å². The predicted octanol–water partition coefficient (Wildman–Crippen LogP) is 16.2. The van der Waals surface area contributed by atoms with Gasteiger partial charge in [0.2, 0.25) is 0 Å². The van der Waals surface area contributed by atoms with Gasteiger partial charge in [-0.05, 0) is 130 Å². The number of rotatable bonds is 6. The van der Waals surface area contributed by atoms with Crippen molar-refractivity contribution in [2.45, 2.75) is 13.1 Å². The number of para-hydroxylation sites is 2. The maximum absolute atomic E-state index is 14.0. The first-order valence-corrected chi connectivity index (χ1v) is 21.6. The van der Waals surface area contributed by atoms with Crippen molar-refractivity contribution >= 4 is 49.3 Å². The third-order valence-electron chi connectivity index (χ3n) is 12.8. The van der Waals surface area contributed by atoms with E-state index in [1.54, 1.807) is 6.92 Å². The number of aryl methyl sites for hydroxylation is 1. The van der Waals surface area contributed by atoms with Crippen LogP contribution in [0.1, 0.15) is 22.3 Å². The number of fused-ring (bicyclic) bond motifs is 6. The highest BCUT2D eigenvalue weighted by atomic mass is 19.4. The molecule has 0 aliphatic rings. The first-order chi connectivity index (χ1) is 32.6. The second-order valence-electron chi connectivity index (χ2n) is 16.6. The zero-order valence-corrected chi connectivity index (χ0v) is 35.8. The van der Waals surface area contributed by atoms with E-state index < -0.39 is 11.7 Å². The summed E-state index contributed by atoms with van der Waals surface area (Å²) in [7, 11) is 0. The second-order valence-corrected chi connectivity index (χ2v) is 16.6. The molecule has 0 unspecified atom stereocenters. The zero-order valence-electron chi connectivity index (χ0n) is 35.8. The normalized spacial score (nSPS) is 11.5. The summed E-state index contributed by atoms with van der Waals surface area (Å²) in [4.78, 5) is 3.91. The van der Waals surface area contributed by atoms with Crippen LogP contribution in [0.3, 0.4) is 0 Å². The Morgan fingerprint density at radius 2 is 0.940 bits per heavy atom. The minimum Gasteiger partial charge on any atom is -0.309 e. The summed E-state index contributed by atoms with van der Waals surface area (Å²) >= 11 is 0. The Morgan fingerprint density at radius 1 is 0.448 bits per heavy atom. The molecule has 11 rings (SSSR count). The molecular weight excluding hydrogens is 836 g/mol. The van der Waals surface area contributed by atoms with Gasteiger partial charge in [-0.3, -0.25) is 0 Å². The smallest absolute Gasteiger partial charge is 0.309 e. The lowest BCUT2D eigenvalue weighted by molar-refractivity contribution is -0.137. The SMILES string of the molecule is [C-]#[N+]c1ccc(-n2c3ccccc3c3cc(-c4ccccc4C#N)ccc32)c(-c2ccc(-c3ccc(C(F)(F)F)cc3C)cc2-n2c3ccccc3c3cc(-c4ccccc4C#N)ccc32)c1. The number of alkyl halides is 3. The fourth-order valence-electron chi connectivity index (χ4n) is 9.74. The Balaban J connectivity index is 1.21. The van der Waals surface area contributed by atoms with Crippen LogP contribution in [-0.4, -0.2) is 9.13 Å². The van der Waals surface area contributed by atoms with Crippen LogP contribution in [0.5, 0.6) is 0 Å². The number of aromatic nitrogens is 2. The lowest BCUT2D eigenvalue weighted by Crippen LogP contribution is -2.05. The van der Waals surface area contributed by atoms with Crippen LogP contribution in [0.2, 0.25) is 0 Å². The molecule has 11 aromatic rings. The molecule has 0 radical (unpaired) electrons. The van der Waals surface area contributed by atoms with Crippen molar-refractivity contribution in [1.82, 2.24) is 9.13 Å². The van der Waals surface area contributed by atoms with Crippen LogP contribution in [-0.2, 0) is 6.18 Å². The molecule has 0 fully saturated rings. The van der Waals surface area contributed by atoms with Gasteiger partial charge in [0.1, 0.15) is 0 Å². The number of hydrogen-bond acceptors (Lipinski definition) is 2. The van der Waals surface area contributed by atoms with E-state index in [4.69, 9.17) is 6.57 Å². The fraction of sp³-hybridized carbons (Fsp3) is 0.0339. The van der Waals surface area contributed by atoms with Crippen molar-refractivity contribution in [3.8, 4) is 68.0 Å². The van der Waals surface area contributed by atoms with Gasteiger partial charge in [-0.25, -0.2) is 4.85 Å². The number of benzene rings is 9. The molecule has 8 heteroatoms. The Bertz CT molecular complexity index is 3980. The first kappa shape index (κ1) is 40.6. The summed E-state index contributed by atoms with van der Waals surface area (Å²) in [6.07, 6.45) is -4.49. The molecule has 0 amide bonds. The van der Waals surface area contributed by atoms with Gasteiger partial charge in [0.15, 0.2) is 5.69 Å². The largest absolute Gasteiger partial charge is 0.416 e. The lowest BCUT2D eigenvalue weighted by Gasteiger charge is -2.21. The third kappa shape index (κ3) is 6.69. The minimum absolute atomic E-state index is 0.437. The molecule has 0 spiro atoms. The molecule has 0 N–H and O–H groups in total. The molecule has 0 aliphatic carbocycles. The third-order valence-corrected chi connectivity index (χ3v) is 12.8. The van der Waals surface area contributed by atoms with E-state index in [-0.39, 0.29) is 0 Å². The highest BCUT2D eigenvalue weighted by Crippen LogP contribution is 2.45. The molecule has 2 heterocycles. The van der Waals surface area contributed by atoms with Crippen LogP contribution in [0.4, 0.5) is 18.9 Å². The molecule has 0 bridgehead atoms. The van der Waals surface area contributed by atoms with E-state index >= 15 is 0 Å². The van der Waals surface area contributed by atoms with Crippen molar-refractivity contribution < 1.29 is 13.2 Å². The molecule has 67 heavy (non-hydrogen) atoms. The van der Waals surface area contributed by atoms with Gasteiger partial charge < -0.3 is 9.13 Å². The average Bonchev–Trinajstić information content (AvgIpc) is 3.87. The lowest BCUT2D eigenvalue weighted by atomic mass is 9.93. The van der Waals surface area contributed by atoms with Crippen LogP contribution < -0.4 is 0 Å². The van der Waals surface area contributed by atoms with Crippen LogP contribution in [0, 0.1) is 36.2 Å². The van der Waals surface area contributed by atoms with E-state index in [2.05, 4.69) is 74.6 Å². The highest BCUT2D eigenvalue weighted by molar-refractivity contribution is 6.13. The molecule has 2 aromatic heterocycles. The fourth-order valence-corrected chi connectivity index (χ4v) is 9.74. The van der Waals surface area contributed by atoms with Crippen LogP contribution >= 0.6 is 0 Å². The summed E-state index contributed by atoms with van der Waals surface area (Å²) in [5.74, 6) is 0. The molecule has 316 valence electrons. The Morgan fingerprint density at radius 3 is 1.49 bits per heavy atom. The molecule has 0 atom stereocenters.